The van der Waals surface area contributed by atoms with Crippen molar-refractivity contribution >= 4 is 35.0 Å². The third kappa shape index (κ3) is 5.39. The lowest BCUT2D eigenvalue weighted by Gasteiger charge is -2.39. The molecule has 1 aliphatic heterocycles. The summed E-state index contributed by atoms with van der Waals surface area (Å²) in [7, 11) is 0. The van der Waals surface area contributed by atoms with E-state index in [4.69, 9.17) is 11.6 Å². The van der Waals surface area contributed by atoms with Crippen LogP contribution in [0.4, 0.5) is 20.4 Å². The Balaban J connectivity index is 1.56. The van der Waals surface area contributed by atoms with E-state index in [1.54, 1.807) is 25.1 Å². The number of aliphatic carboxylic acids is 1. The van der Waals surface area contributed by atoms with Crippen LogP contribution in [0, 0.1) is 24.0 Å². The quantitative estimate of drug-likeness (QED) is 0.364. The first kappa shape index (κ1) is 25.7. The lowest BCUT2D eigenvalue weighted by atomic mass is 9.74. The van der Waals surface area contributed by atoms with Gasteiger partial charge in [0.2, 0.25) is 0 Å². The molecule has 0 bridgehead atoms. The van der Waals surface area contributed by atoms with Crippen LogP contribution in [0.2, 0.25) is 5.02 Å². The Morgan fingerprint density at radius 2 is 1.94 bits per heavy atom. The maximum atomic E-state index is 15.0. The second-order valence-corrected chi connectivity index (χ2v) is 9.60. The van der Waals surface area contributed by atoms with Crippen molar-refractivity contribution in [3.8, 4) is 0 Å². The molecule has 190 valence electrons. The number of carboxylic acid groups (broad SMARTS) is 1. The van der Waals surface area contributed by atoms with E-state index in [9.17, 15) is 19.1 Å². The summed E-state index contributed by atoms with van der Waals surface area (Å²) in [6.07, 6.45) is 0.567. The summed E-state index contributed by atoms with van der Waals surface area (Å²) in [4.78, 5) is 30.8. The maximum absolute atomic E-state index is 15.0. The molecule has 1 aliphatic rings. The summed E-state index contributed by atoms with van der Waals surface area (Å²) in [5.41, 5.74) is 0.135. The smallest absolute Gasteiger partial charge is 0.310 e. The number of anilines is 2. The molecular formula is C25H26ClF2N5O3. The first-order chi connectivity index (χ1) is 17.1. The van der Waals surface area contributed by atoms with Crippen LogP contribution < -0.4 is 5.32 Å². The third-order valence-corrected chi connectivity index (χ3v) is 6.85. The molecule has 1 aromatic carbocycles. The summed E-state index contributed by atoms with van der Waals surface area (Å²) in [5.74, 6) is -2.67. The van der Waals surface area contributed by atoms with Crippen molar-refractivity contribution in [3.63, 3.8) is 0 Å². The lowest BCUT2D eigenvalue weighted by molar-refractivity contribution is -0.152. The van der Waals surface area contributed by atoms with Crippen LogP contribution in [0.5, 0.6) is 0 Å². The van der Waals surface area contributed by atoms with Gasteiger partial charge >= 0.3 is 5.97 Å². The second-order valence-electron chi connectivity index (χ2n) is 9.19. The van der Waals surface area contributed by atoms with Gasteiger partial charge in [-0.2, -0.15) is 5.10 Å². The lowest BCUT2D eigenvalue weighted by Crippen LogP contribution is -2.45. The van der Waals surface area contributed by atoms with Gasteiger partial charge in [0.1, 0.15) is 5.82 Å². The number of piperidine rings is 1. The van der Waals surface area contributed by atoms with Gasteiger partial charge in [0, 0.05) is 36.0 Å². The average Bonchev–Trinajstić information content (AvgIpc) is 3.24. The number of benzene rings is 1. The van der Waals surface area contributed by atoms with Crippen molar-refractivity contribution in [2.75, 3.05) is 18.4 Å². The van der Waals surface area contributed by atoms with E-state index >= 15 is 4.39 Å². The number of hydrogen-bond acceptors (Lipinski definition) is 6. The van der Waals surface area contributed by atoms with E-state index in [0.29, 0.717) is 31.0 Å². The summed E-state index contributed by atoms with van der Waals surface area (Å²) in [5, 5.41) is 19.7. The van der Waals surface area contributed by atoms with Crippen molar-refractivity contribution in [3.05, 3.63) is 69.5 Å². The summed E-state index contributed by atoms with van der Waals surface area (Å²) in [6.45, 7) is 4.16. The van der Waals surface area contributed by atoms with Crippen LogP contribution >= 0.6 is 11.6 Å². The molecular weight excluding hydrogens is 492 g/mol. The Morgan fingerprint density at radius 1 is 1.22 bits per heavy atom. The van der Waals surface area contributed by atoms with Crippen molar-refractivity contribution in [1.29, 1.82) is 0 Å². The summed E-state index contributed by atoms with van der Waals surface area (Å²) < 4.78 is 29.3. The average molecular weight is 518 g/mol. The number of H-pyrrole nitrogens is 1. The molecule has 0 spiro atoms. The molecule has 8 nitrogen and oxygen atoms in total. The predicted octanol–water partition coefficient (Wildman–Crippen LogP) is 4.90. The molecule has 0 aliphatic carbocycles. The highest BCUT2D eigenvalue weighted by Crippen LogP contribution is 2.37. The minimum absolute atomic E-state index is 0.0104. The zero-order chi connectivity index (χ0) is 26.0. The Kier molecular flexibility index (Phi) is 7.37. The number of likely N-dealkylation sites (tertiary alicyclic amines) is 1. The molecule has 36 heavy (non-hydrogen) atoms. The Hall–Kier alpha value is -3.37. The maximum Gasteiger partial charge on any atom is 0.310 e. The van der Waals surface area contributed by atoms with Crippen LogP contribution in [-0.2, 0) is 17.8 Å². The number of hydrogen-bond donors (Lipinski definition) is 3. The van der Waals surface area contributed by atoms with Crippen LogP contribution in [0.25, 0.3) is 0 Å². The first-order valence-electron chi connectivity index (χ1n) is 11.5. The molecule has 0 atom stereocenters. The topological polar surface area (TPSA) is 111 Å². The number of aryl methyl sites for hydroxylation is 1. The van der Waals surface area contributed by atoms with E-state index in [1.165, 1.54) is 19.1 Å². The normalized spacial score (nSPS) is 15.6. The number of ketones is 1. The molecule has 0 unspecified atom stereocenters. The molecule has 4 rings (SSSR count). The number of nitrogens with one attached hydrogen (secondary N) is 2. The molecule has 1 saturated heterocycles. The molecule has 2 aromatic heterocycles. The molecule has 3 N–H and O–H groups in total. The molecule has 11 heteroatoms. The number of Topliss-reactive ketones (excluding diaryl/α,β-unsaturated/α-hetero) is 1. The van der Waals surface area contributed by atoms with Gasteiger partial charge in [0.25, 0.3) is 0 Å². The van der Waals surface area contributed by atoms with Gasteiger partial charge in [-0.1, -0.05) is 23.7 Å². The van der Waals surface area contributed by atoms with Crippen LogP contribution in [0.15, 0.2) is 30.3 Å². The van der Waals surface area contributed by atoms with Crippen LogP contribution in [-0.4, -0.2) is 50.0 Å². The predicted molar refractivity (Wildman–Crippen MR) is 131 cm³/mol. The summed E-state index contributed by atoms with van der Waals surface area (Å²) in [6, 6.07) is 7.78. The van der Waals surface area contributed by atoms with E-state index in [1.807, 2.05) is 4.90 Å². The molecule has 0 radical (unpaired) electrons. The van der Waals surface area contributed by atoms with Gasteiger partial charge in [-0.25, -0.2) is 13.8 Å². The van der Waals surface area contributed by atoms with E-state index in [-0.39, 0.29) is 41.4 Å². The van der Waals surface area contributed by atoms with Gasteiger partial charge < -0.3 is 10.4 Å². The zero-order valence-corrected chi connectivity index (χ0v) is 20.6. The number of pyridine rings is 1. The SMILES string of the molecule is CC(=O)c1cc(CC2(C(=O)O)CCN(Cc3cccc(Cl)c3F)CC2)nc(Nc2cc(C)[nH]n2)c1F. The number of carbonyl (C=O) groups excluding carboxylic acids is 1. The minimum Gasteiger partial charge on any atom is -0.481 e. The molecule has 3 heterocycles. The molecule has 1 fully saturated rings. The van der Waals surface area contributed by atoms with Crippen LogP contribution in [0.3, 0.4) is 0 Å². The number of carbonyl (C=O) groups is 2. The van der Waals surface area contributed by atoms with Gasteiger partial charge in [0.15, 0.2) is 23.2 Å². The van der Waals surface area contributed by atoms with Gasteiger partial charge in [-0.15, -0.1) is 0 Å². The largest absolute Gasteiger partial charge is 0.481 e. The van der Waals surface area contributed by atoms with E-state index in [0.717, 1.165) is 5.69 Å². The number of aromatic amines is 1. The Bertz CT molecular complexity index is 1300. The monoisotopic (exact) mass is 517 g/mol. The molecule has 0 amide bonds. The number of aromatic nitrogens is 3. The minimum atomic E-state index is -1.16. The first-order valence-corrected chi connectivity index (χ1v) is 11.8. The van der Waals surface area contributed by atoms with Crippen molar-refractivity contribution in [1.82, 2.24) is 20.1 Å². The number of carboxylic acids is 1. The fraction of sp³-hybridized carbons (Fsp3) is 0.360. The third-order valence-electron chi connectivity index (χ3n) is 6.55. The zero-order valence-electron chi connectivity index (χ0n) is 19.9. The van der Waals surface area contributed by atoms with E-state index < -0.39 is 28.8 Å². The Morgan fingerprint density at radius 3 is 2.56 bits per heavy atom. The highest BCUT2D eigenvalue weighted by Gasteiger charge is 2.42. The summed E-state index contributed by atoms with van der Waals surface area (Å²) >= 11 is 5.88. The number of rotatable bonds is 8. The highest BCUT2D eigenvalue weighted by molar-refractivity contribution is 6.30. The van der Waals surface area contributed by atoms with Gasteiger partial charge in [0.05, 0.1) is 16.0 Å². The second kappa shape index (κ2) is 10.3. The van der Waals surface area contributed by atoms with Gasteiger partial charge in [-0.3, -0.25) is 19.6 Å². The van der Waals surface area contributed by atoms with E-state index in [2.05, 4.69) is 20.5 Å². The standard InChI is InChI=1S/C25H26ClF2N5O3/c1-14-10-20(32-31-14)30-23-22(28)18(15(2)34)11-17(29-23)12-25(24(35)36)6-8-33(9-7-25)13-16-4-3-5-19(26)21(16)27/h3-5,10-11H,6-9,12-13H2,1-2H3,(H,35,36)(H2,29,30,31,32). The highest BCUT2D eigenvalue weighted by atomic mass is 35.5. The fourth-order valence-corrected chi connectivity index (χ4v) is 4.67. The van der Waals surface area contributed by atoms with Gasteiger partial charge in [-0.05, 0) is 51.9 Å². The van der Waals surface area contributed by atoms with Crippen molar-refractivity contribution in [2.24, 2.45) is 5.41 Å². The fourth-order valence-electron chi connectivity index (χ4n) is 4.48. The Labute approximate surface area is 211 Å². The molecule has 3 aromatic rings. The number of halogens is 3. The molecule has 0 saturated carbocycles. The van der Waals surface area contributed by atoms with Crippen LogP contribution in [0.1, 0.15) is 47.1 Å². The number of nitrogens with zero attached hydrogens (tertiary/aromatic N) is 3. The van der Waals surface area contributed by atoms with Crippen molar-refractivity contribution in [2.45, 2.75) is 39.7 Å². The van der Waals surface area contributed by atoms with Crippen molar-refractivity contribution < 1.29 is 23.5 Å².